The third-order valence-corrected chi connectivity index (χ3v) is 2.49. The van der Waals surface area contributed by atoms with E-state index in [4.69, 9.17) is 15.9 Å². The largest absolute Gasteiger partial charge is 0.481 e. The van der Waals surface area contributed by atoms with Gasteiger partial charge in [0.05, 0.1) is 6.04 Å². The Morgan fingerprint density at radius 1 is 1.00 bits per heavy atom. The van der Waals surface area contributed by atoms with E-state index in [1.54, 1.807) is 0 Å². The van der Waals surface area contributed by atoms with Crippen molar-refractivity contribution < 1.29 is 29.4 Å². The van der Waals surface area contributed by atoms with Crippen LogP contribution < -0.4 is 16.4 Å². The first-order valence-electron chi connectivity index (χ1n) is 5.96. The van der Waals surface area contributed by atoms with Crippen molar-refractivity contribution in [3.05, 3.63) is 0 Å². The number of nitrogens with one attached hydrogen (secondary N) is 2. The highest BCUT2D eigenvalue weighted by Gasteiger charge is 2.23. The maximum Gasteiger partial charge on any atom is 0.325 e. The molecule has 0 aromatic heterocycles. The first kappa shape index (κ1) is 17.8. The zero-order valence-corrected chi connectivity index (χ0v) is 11.3. The Labute approximate surface area is 115 Å². The molecule has 9 nitrogen and oxygen atoms in total. The summed E-state index contributed by atoms with van der Waals surface area (Å²) in [6.07, 6.45) is -0.313. The minimum atomic E-state index is -1.20. The lowest BCUT2D eigenvalue weighted by atomic mass is 10.1. The molecule has 9 heteroatoms. The average molecular weight is 289 g/mol. The van der Waals surface area contributed by atoms with E-state index in [0.29, 0.717) is 0 Å². The lowest BCUT2D eigenvalue weighted by Crippen LogP contribution is -2.52. The lowest BCUT2D eigenvalue weighted by molar-refractivity contribution is -0.141. The summed E-state index contributed by atoms with van der Waals surface area (Å²) in [6.45, 7) is 2.65. The van der Waals surface area contributed by atoms with Crippen LogP contribution in [0.2, 0.25) is 0 Å². The molecular weight excluding hydrogens is 270 g/mol. The number of aliphatic carboxylic acids is 2. The Kier molecular flexibility index (Phi) is 7.22. The first-order chi connectivity index (χ1) is 9.15. The molecule has 0 aliphatic heterocycles. The van der Waals surface area contributed by atoms with Crippen molar-refractivity contribution in [1.82, 2.24) is 10.6 Å². The molecular formula is C11H19N3O6. The number of carboxylic acid groups (broad SMARTS) is 2. The Hall–Kier alpha value is -2.16. The molecule has 0 rings (SSSR count). The fourth-order valence-corrected chi connectivity index (χ4v) is 1.20. The molecule has 0 heterocycles. The number of hydrogen-bond acceptors (Lipinski definition) is 5. The number of nitrogens with two attached hydrogens (primary N) is 1. The lowest BCUT2D eigenvalue weighted by Gasteiger charge is -2.18. The van der Waals surface area contributed by atoms with E-state index in [1.165, 1.54) is 13.8 Å². The van der Waals surface area contributed by atoms with Gasteiger partial charge in [0.25, 0.3) is 0 Å². The van der Waals surface area contributed by atoms with E-state index in [2.05, 4.69) is 10.6 Å². The Morgan fingerprint density at radius 2 is 1.50 bits per heavy atom. The fourth-order valence-electron chi connectivity index (χ4n) is 1.20. The second-order valence-corrected chi connectivity index (χ2v) is 4.34. The van der Waals surface area contributed by atoms with Crippen molar-refractivity contribution in [3.8, 4) is 0 Å². The number of rotatable bonds is 8. The maximum absolute atomic E-state index is 11.6. The summed E-state index contributed by atoms with van der Waals surface area (Å²) in [5, 5.41) is 21.6. The van der Waals surface area contributed by atoms with Gasteiger partial charge in [-0.3, -0.25) is 19.2 Å². The molecule has 0 saturated heterocycles. The van der Waals surface area contributed by atoms with E-state index >= 15 is 0 Å². The Morgan fingerprint density at radius 3 is 1.95 bits per heavy atom. The summed E-state index contributed by atoms with van der Waals surface area (Å²) in [6, 6.07) is -3.10. The predicted molar refractivity (Wildman–Crippen MR) is 67.7 cm³/mol. The summed E-state index contributed by atoms with van der Waals surface area (Å²) in [4.78, 5) is 44.0. The summed E-state index contributed by atoms with van der Waals surface area (Å²) < 4.78 is 0. The molecule has 0 aliphatic rings. The highest BCUT2D eigenvalue weighted by atomic mass is 16.4. The van der Waals surface area contributed by atoms with Gasteiger partial charge in [-0.1, -0.05) is 0 Å². The normalized spacial score (nSPS) is 14.8. The molecule has 0 aromatic carbocycles. The summed E-state index contributed by atoms with van der Waals surface area (Å²) >= 11 is 0. The van der Waals surface area contributed by atoms with Crippen molar-refractivity contribution in [3.63, 3.8) is 0 Å². The van der Waals surface area contributed by atoms with Crippen LogP contribution in [0.1, 0.15) is 26.7 Å². The molecule has 114 valence electrons. The summed E-state index contributed by atoms with van der Waals surface area (Å²) in [5.74, 6) is -3.61. The van der Waals surface area contributed by atoms with Crippen LogP contribution in [0.25, 0.3) is 0 Å². The van der Waals surface area contributed by atoms with Crippen LogP contribution in [0.3, 0.4) is 0 Å². The van der Waals surface area contributed by atoms with E-state index < -0.39 is 41.9 Å². The number of carboxylic acids is 2. The average Bonchev–Trinajstić information content (AvgIpc) is 2.35. The molecule has 0 radical (unpaired) electrons. The number of amides is 2. The van der Waals surface area contributed by atoms with E-state index in [1.807, 2.05) is 0 Å². The van der Waals surface area contributed by atoms with E-state index in [9.17, 15) is 19.2 Å². The molecule has 6 N–H and O–H groups in total. The third-order valence-electron chi connectivity index (χ3n) is 2.49. The van der Waals surface area contributed by atoms with Gasteiger partial charge in [0.2, 0.25) is 11.8 Å². The Bertz CT molecular complexity index is 398. The SMILES string of the molecule is C[C@H](NC(=O)[C@@H](C)NC(=O)[C@@H](N)CCC(=O)O)C(=O)O. The van der Waals surface area contributed by atoms with Crippen LogP contribution in [0.5, 0.6) is 0 Å². The quantitative estimate of drug-likeness (QED) is 0.355. The second kappa shape index (κ2) is 8.10. The van der Waals surface area contributed by atoms with Crippen molar-refractivity contribution in [1.29, 1.82) is 0 Å². The number of carbonyl (C=O) groups excluding carboxylic acids is 2. The van der Waals surface area contributed by atoms with Gasteiger partial charge in [0, 0.05) is 6.42 Å². The van der Waals surface area contributed by atoms with Crippen LogP contribution in [0, 0.1) is 0 Å². The maximum atomic E-state index is 11.6. The highest BCUT2D eigenvalue weighted by Crippen LogP contribution is 1.96. The minimum absolute atomic E-state index is 0.0545. The van der Waals surface area contributed by atoms with Crippen molar-refractivity contribution in [2.45, 2.75) is 44.8 Å². The molecule has 0 aliphatic carbocycles. The van der Waals surface area contributed by atoms with Gasteiger partial charge in [0.1, 0.15) is 12.1 Å². The molecule has 0 fully saturated rings. The van der Waals surface area contributed by atoms with Crippen molar-refractivity contribution >= 4 is 23.8 Å². The molecule has 2 amide bonds. The minimum Gasteiger partial charge on any atom is -0.481 e. The molecule has 0 aromatic rings. The van der Waals surface area contributed by atoms with Gasteiger partial charge in [-0.2, -0.15) is 0 Å². The predicted octanol–water partition coefficient (Wildman–Crippen LogP) is -1.73. The molecule has 0 bridgehead atoms. The van der Waals surface area contributed by atoms with Gasteiger partial charge in [-0.25, -0.2) is 0 Å². The fraction of sp³-hybridized carbons (Fsp3) is 0.636. The first-order valence-corrected chi connectivity index (χ1v) is 5.96. The smallest absolute Gasteiger partial charge is 0.325 e. The zero-order chi connectivity index (χ0) is 15.9. The zero-order valence-electron chi connectivity index (χ0n) is 11.3. The highest BCUT2D eigenvalue weighted by molar-refractivity contribution is 5.91. The van der Waals surface area contributed by atoms with Gasteiger partial charge in [0.15, 0.2) is 0 Å². The second-order valence-electron chi connectivity index (χ2n) is 4.34. The topological polar surface area (TPSA) is 159 Å². The van der Waals surface area contributed by atoms with Crippen molar-refractivity contribution in [2.24, 2.45) is 5.73 Å². The van der Waals surface area contributed by atoms with Crippen LogP contribution in [-0.2, 0) is 19.2 Å². The van der Waals surface area contributed by atoms with Gasteiger partial charge in [-0.05, 0) is 20.3 Å². The molecule has 20 heavy (non-hydrogen) atoms. The van der Waals surface area contributed by atoms with Gasteiger partial charge in [-0.15, -0.1) is 0 Å². The van der Waals surface area contributed by atoms with Gasteiger partial charge >= 0.3 is 11.9 Å². The van der Waals surface area contributed by atoms with Crippen molar-refractivity contribution in [2.75, 3.05) is 0 Å². The molecule has 0 saturated carbocycles. The van der Waals surface area contributed by atoms with Crippen LogP contribution >= 0.6 is 0 Å². The Balaban J connectivity index is 4.27. The monoisotopic (exact) mass is 289 g/mol. The molecule has 3 atom stereocenters. The summed E-state index contributed by atoms with van der Waals surface area (Å²) in [5.41, 5.74) is 5.46. The molecule has 0 unspecified atom stereocenters. The number of hydrogen-bond donors (Lipinski definition) is 5. The summed E-state index contributed by atoms with van der Waals surface area (Å²) in [7, 11) is 0. The van der Waals surface area contributed by atoms with E-state index in [0.717, 1.165) is 0 Å². The van der Waals surface area contributed by atoms with Crippen LogP contribution in [-0.4, -0.2) is 52.1 Å². The van der Waals surface area contributed by atoms with Crippen LogP contribution in [0.4, 0.5) is 0 Å². The number of carbonyl (C=O) groups is 4. The van der Waals surface area contributed by atoms with Gasteiger partial charge < -0.3 is 26.6 Å². The molecule has 0 spiro atoms. The van der Waals surface area contributed by atoms with E-state index in [-0.39, 0.29) is 12.8 Å². The van der Waals surface area contributed by atoms with Crippen LogP contribution in [0.15, 0.2) is 0 Å². The standard InChI is InChI=1S/C11H19N3O6/c1-5(9(17)14-6(2)11(19)20)13-10(18)7(12)3-4-8(15)16/h5-7H,3-4,12H2,1-2H3,(H,13,18)(H,14,17)(H,15,16)(H,19,20)/t5-,6+,7+/m1/s1. The third kappa shape index (κ3) is 6.69.